The molecular weight excluding hydrogens is 322 g/mol. The summed E-state index contributed by atoms with van der Waals surface area (Å²) in [5.41, 5.74) is 2.65. The van der Waals surface area contributed by atoms with Gasteiger partial charge in [-0.05, 0) is 26.0 Å². The zero-order chi connectivity index (χ0) is 12.6. The molecule has 7 heteroatoms. The van der Waals surface area contributed by atoms with Crippen molar-refractivity contribution < 1.29 is 13.0 Å². The Balaban J connectivity index is 0.000000487. The third kappa shape index (κ3) is 7.25. The standard InChI is InChI=1S/C9H12N3.3ClH.Zn/c1-3-11-8-4-5-9(12-10)7(2)6-8;;;;/h4-6,11H,3H2,1-2H3;3*1H;/q+1;;;;+2/p-3. The van der Waals surface area contributed by atoms with Crippen molar-refractivity contribution in [1.29, 1.82) is 5.39 Å². The second-order valence-corrected chi connectivity index (χ2v) is 16.8. The molecule has 0 saturated carbocycles. The summed E-state index contributed by atoms with van der Waals surface area (Å²) in [6.07, 6.45) is 0. The fraction of sp³-hybridized carbons (Fsp3) is 0.333. The summed E-state index contributed by atoms with van der Waals surface area (Å²) in [6.45, 7) is 4.85. The van der Waals surface area contributed by atoms with Crippen molar-refractivity contribution in [2.45, 2.75) is 13.8 Å². The summed E-state index contributed by atoms with van der Waals surface area (Å²) in [5.74, 6) is 0. The molecule has 1 aromatic rings. The van der Waals surface area contributed by atoms with E-state index in [1.165, 1.54) is 0 Å². The van der Waals surface area contributed by atoms with Gasteiger partial charge in [-0.15, -0.1) is 0 Å². The van der Waals surface area contributed by atoms with E-state index < -0.39 is 13.0 Å². The van der Waals surface area contributed by atoms with Gasteiger partial charge in [0, 0.05) is 23.9 Å². The van der Waals surface area contributed by atoms with E-state index in [1.807, 2.05) is 26.0 Å². The van der Waals surface area contributed by atoms with Crippen LogP contribution in [0.15, 0.2) is 18.2 Å². The van der Waals surface area contributed by atoms with Crippen LogP contribution in [0.3, 0.4) is 0 Å². The van der Waals surface area contributed by atoms with Crippen molar-refractivity contribution in [3.05, 3.63) is 28.7 Å². The molecule has 0 aliphatic carbocycles. The van der Waals surface area contributed by atoms with Gasteiger partial charge in [-0.3, -0.25) is 0 Å². The van der Waals surface area contributed by atoms with Crippen LogP contribution in [-0.4, -0.2) is 6.54 Å². The van der Waals surface area contributed by atoms with Crippen LogP contribution in [-0.2, 0) is 13.0 Å². The van der Waals surface area contributed by atoms with Crippen molar-refractivity contribution in [3.8, 4) is 0 Å². The molecule has 0 heterocycles. The SMILES string of the molecule is CCNc1ccc([N+]#N)c(C)c1.[Cl][Zn-]([Cl])[Cl]. The van der Waals surface area contributed by atoms with E-state index in [2.05, 4.69) is 10.3 Å². The van der Waals surface area contributed by atoms with Crippen LogP contribution in [0.2, 0.25) is 0 Å². The quantitative estimate of drug-likeness (QED) is 0.612. The molecule has 0 atom stereocenters. The fourth-order valence-corrected chi connectivity index (χ4v) is 1.08. The van der Waals surface area contributed by atoms with Gasteiger partial charge in [-0.1, -0.05) is 0 Å². The van der Waals surface area contributed by atoms with Crippen molar-refractivity contribution in [1.82, 2.24) is 0 Å². The maximum absolute atomic E-state index is 8.54. The Kier molecular flexibility index (Phi) is 8.98. The predicted molar refractivity (Wildman–Crippen MR) is 67.6 cm³/mol. The van der Waals surface area contributed by atoms with Gasteiger partial charge < -0.3 is 5.32 Å². The van der Waals surface area contributed by atoms with Crippen molar-refractivity contribution in [3.63, 3.8) is 0 Å². The van der Waals surface area contributed by atoms with Gasteiger partial charge in [0.2, 0.25) is 5.39 Å². The van der Waals surface area contributed by atoms with Gasteiger partial charge >= 0.3 is 47.7 Å². The first-order chi connectivity index (χ1) is 7.51. The molecule has 0 aliphatic heterocycles. The van der Waals surface area contributed by atoms with E-state index in [0.29, 0.717) is 5.69 Å². The van der Waals surface area contributed by atoms with E-state index >= 15 is 0 Å². The summed E-state index contributed by atoms with van der Waals surface area (Å²) in [6, 6.07) is 5.64. The van der Waals surface area contributed by atoms with Gasteiger partial charge in [-0.25, -0.2) is 0 Å². The van der Waals surface area contributed by atoms with Gasteiger partial charge in [0.05, 0.1) is 0 Å². The minimum absolute atomic E-state index is 0.622. The van der Waals surface area contributed by atoms with Crippen molar-refractivity contribution in [2.24, 2.45) is 0 Å². The molecule has 0 unspecified atom stereocenters. The summed E-state index contributed by atoms with van der Waals surface area (Å²) < 4.78 is 0. The Morgan fingerprint density at radius 3 is 2.31 bits per heavy atom. The van der Waals surface area contributed by atoms with Gasteiger partial charge in [0.15, 0.2) is 4.98 Å². The second-order valence-electron chi connectivity index (χ2n) is 2.93. The summed E-state index contributed by atoms with van der Waals surface area (Å²) in [5, 5.41) is 11.7. The Hall–Kier alpha value is -0.0666. The molecule has 86 valence electrons. The van der Waals surface area contributed by atoms with Crippen LogP contribution in [0.5, 0.6) is 0 Å². The molecule has 0 aromatic heterocycles. The maximum atomic E-state index is 8.54. The second kappa shape index (κ2) is 9.01. The van der Waals surface area contributed by atoms with Gasteiger partial charge in [-0.2, -0.15) is 0 Å². The number of hydrogen-bond donors (Lipinski definition) is 1. The van der Waals surface area contributed by atoms with Gasteiger partial charge in [0.25, 0.3) is 0 Å². The molecule has 1 rings (SSSR count). The van der Waals surface area contributed by atoms with Crippen LogP contribution in [0.1, 0.15) is 12.5 Å². The Morgan fingerprint density at radius 1 is 1.38 bits per heavy atom. The number of rotatable bonds is 2. The monoisotopic (exact) mass is 331 g/mol. The molecule has 1 aromatic carbocycles. The minimum atomic E-state index is -2.21. The average Bonchev–Trinajstić information content (AvgIpc) is 2.17. The predicted octanol–water partition coefficient (Wildman–Crippen LogP) is 4.98. The molecule has 3 nitrogen and oxygen atoms in total. The Bertz CT molecular complexity index is 363. The normalized spacial score (nSPS) is 8.50. The molecular formula is C9H12Cl3N3Zn. The Morgan fingerprint density at radius 2 is 1.94 bits per heavy atom. The molecule has 1 N–H and O–H groups in total. The topological polar surface area (TPSA) is 40.2 Å². The number of nitrogens with one attached hydrogen (secondary N) is 1. The van der Waals surface area contributed by atoms with E-state index in [-0.39, 0.29) is 0 Å². The summed E-state index contributed by atoms with van der Waals surface area (Å²) in [4.78, 5) is 3.14. The van der Waals surface area contributed by atoms with E-state index in [0.717, 1.165) is 17.8 Å². The molecule has 0 aliphatic rings. The van der Waals surface area contributed by atoms with E-state index in [9.17, 15) is 0 Å². The molecule has 0 spiro atoms. The molecule has 0 radical (unpaired) electrons. The molecule has 0 saturated heterocycles. The zero-order valence-corrected chi connectivity index (χ0v) is 14.4. The van der Waals surface area contributed by atoms with Crippen LogP contribution < -0.4 is 5.32 Å². The van der Waals surface area contributed by atoms with Crippen molar-refractivity contribution in [2.75, 3.05) is 11.9 Å². The fourth-order valence-electron chi connectivity index (χ4n) is 1.08. The first kappa shape index (κ1) is 15.9. The summed E-state index contributed by atoms with van der Waals surface area (Å²) in [7, 11) is 15.0. The van der Waals surface area contributed by atoms with Crippen LogP contribution in [0, 0.1) is 12.3 Å². The number of hydrogen-bond acceptors (Lipinski definition) is 2. The first-order valence-corrected chi connectivity index (χ1v) is 16.5. The average molecular weight is 334 g/mol. The van der Waals surface area contributed by atoms with Gasteiger partial charge in [0.1, 0.15) is 0 Å². The third-order valence-corrected chi connectivity index (χ3v) is 1.69. The number of benzene rings is 1. The van der Waals surface area contributed by atoms with Crippen LogP contribution in [0.25, 0.3) is 4.98 Å². The van der Waals surface area contributed by atoms with Crippen LogP contribution >= 0.6 is 29.1 Å². The molecule has 0 bridgehead atoms. The van der Waals surface area contributed by atoms with E-state index in [1.54, 1.807) is 6.07 Å². The zero-order valence-electron chi connectivity index (χ0n) is 9.17. The first-order valence-electron chi connectivity index (χ1n) is 4.77. The summed E-state index contributed by atoms with van der Waals surface area (Å²) >= 11 is -2.21. The number of nitrogens with zero attached hydrogens (tertiary/aromatic N) is 2. The molecule has 0 amide bonds. The van der Waals surface area contributed by atoms with E-state index in [4.69, 9.17) is 34.5 Å². The molecule has 0 fully saturated rings. The van der Waals surface area contributed by atoms with Crippen LogP contribution in [0.4, 0.5) is 11.4 Å². The number of halogens is 3. The Labute approximate surface area is 113 Å². The van der Waals surface area contributed by atoms with Crippen molar-refractivity contribution >= 4 is 40.4 Å². The number of diazo groups is 1. The number of aryl methyl sites for hydroxylation is 1. The number of anilines is 1. The molecule has 16 heavy (non-hydrogen) atoms. The third-order valence-electron chi connectivity index (χ3n) is 1.69.